The zero-order valence-electron chi connectivity index (χ0n) is 7.71. The lowest BCUT2D eigenvalue weighted by Gasteiger charge is -2.09. The van der Waals surface area contributed by atoms with E-state index in [9.17, 15) is 18.1 Å². The zero-order chi connectivity index (χ0) is 11.1. The summed E-state index contributed by atoms with van der Waals surface area (Å²) in [7, 11) is 0. The van der Waals surface area contributed by atoms with E-state index >= 15 is 0 Å². The first-order valence-corrected chi connectivity index (χ1v) is 4.50. The molecular formula is C10H8F3NO. The summed E-state index contributed by atoms with van der Waals surface area (Å²) in [5.41, 5.74) is -0.872. The third kappa shape index (κ3) is 1.73. The second kappa shape index (κ2) is 3.05. The summed E-state index contributed by atoms with van der Waals surface area (Å²) in [5.74, 6) is 0. The van der Waals surface area contributed by atoms with E-state index in [0.29, 0.717) is 18.4 Å². The molecule has 2 nitrogen and oxygen atoms in total. The van der Waals surface area contributed by atoms with Gasteiger partial charge in [0.25, 0.3) is 0 Å². The van der Waals surface area contributed by atoms with Gasteiger partial charge in [-0.3, -0.25) is 0 Å². The van der Waals surface area contributed by atoms with Crippen LogP contribution in [0.25, 0.3) is 0 Å². The second-order valence-electron chi connectivity index (χ2n) is 3.70. The third-order valence-electron chi connectivity index (χ3n) is 2.65. The lowest BCUT2D eigenvalue weighted by Crippen LogP contribution is -2.06. The van der Waals surface area contributed by atoms with Gasteiger partial charge >= 0.3 is 6.18 Å². The van der Waals surface area contributed by atoms with Crippen molar-refractivity contribution in [3.8, 4) is 0 Å². The molecule has 0 aliphatic heterocycles. The predicted octanol–water partition coefficient (Wildman–Crippen LogP) is 3.46. The highest BCUT2D eigenvalue weighted by molar-refractivity contribution is 5.33. The van der Waals surface area contributed by atoms with Crippen molar-refractivity contribution in [3.05, 3.63) is 40.3 Å². The van der Waals surface area contributed by atoms with Crippen LogP contribution in [0.1, 0.15) is 24.0 Å². The molecule has 80 valence electrons. The Labute approximate surface area is 84.1 Å². The fourth-order valence-corrected chi connectivity index (χ4v) is 1.52. The zero-order valence-corrected chi connectivity index (χ0v) is 7.71. The first kappa shape index (κ1) is 10.1. The molecule has 5 heteroatoms. The number of benzene rings is 1. The lowest BCUT2D eigenvalue weighted by molar-refractivity contribution is -0.137. The number of hydrogen-bond donors (Lipinski definition) is 0. The minimum absolute atomic E-state index is 0.575. The first-order chi connectivity index (χ1) is 6.98. The summed E-state index contributed by atoms with van der Waals surface area (Å²) in [4.78, 5) is 10.5. The Morgan fingerprint density at radius 1 is 1.13 bits per heavy atom. The Morgan fingerprint density at radius 3 is 2.00 bits per heavy atom. The Morgan fingerprint density at radius 2 is 1.67 bits per heavy atom. The lowest BCUT2D eigenvalue weighted by atomic mass is 10.0. The largest absolute Gasteiger partial charge is 0.416 e. The minimum Gasteiger partial charge on any atom is -0.166 e. The summed E-state index contributed by atoms with van der Waals surface area (Å²) >= 11 is 0. The van der Waals surface area contributed by atoms with Crippen LogP contribution in [0.15, 0.2) is 29.4 Å². The molecule has 0 radical (unpaired) electrons. The first-order valence-electron chi connectivity index (χ1n) is 4.50. The summed E-state index contributed by atoms with van der Waals surface area (Å²) in [6.45, 7) is 0. The molecule has 0 amide bonds. The van der Waals surface area contributed by atoms with E-state index in [1.54, 1.807) is 0 Å². The van der Waals surface area contributed by atoms with Crippen molar-refractivity contribution in [1.82, 2.24) is 0 Å². The maximum Gasteiger partial charge on any atom is 0.416 e. The quantitative estimate of drug-likeness (QED) is 0.694. The van der Waals surface area contributed by atoms with Crippen LogP contribution in [0.2, 0.25) is 0 Å². The van der Waals surface area contributed by atoms with E-state index in [1.165, 1.54) is 12.1 Å². The van der Waals surface area contributed by atoms with E-state index in [1.807, 2.05) is 0 Å². The molecule has 0 aromatic heterocycles. The predicted molar refractivity (Wildman–Crippen MR) is 48.2 cm³/mol. The minimum atomic E-state index is -4.33. The van der Waals surface area contributed by atoms with Crippen molar-refractivity contribution in [2.75, 3.05) is 0 Å². The van der Waals surface area contributed by atoms with Crippen molar-refractivity contribution in [3.63, 3.8) is 0 Å². The van der Waals surface area contributed by atoms with Gasteiger partial charge in [0.2, 0.25) is 0 Å². The molecular weight excluding hydrogens is 207 g/mol. The number of nitroso groups, excluding NO2 is 1. The number of nitrogens with zero attached hydrogens (tertiary/aromatic N) is 1. The molecule has 0 unspecified atom stereocenters. The van der Waals surface area contributed by atoms with Crippen molar-refractivity contribution >= 4 is 0 Å². The summed E-state index contributed by atoms with van der Waals surface area (Å²) in [5, 5.41) is 2.96. The van der Waals surface area contributed by atoms with Crippen LogP contribution in [-0.4, -0.2) is 0 Å². The SMILES string of the molecule is O=NC1(c2ccc(C(F)(F)F)cc2)CC1. The molecule has 0 atom stereocenters. The molecule has 0 saturated heterocycles. The maximum absolute atomic E-state index is 12.2. The van der Waals surface area contributed by atoms with Gasteiger partial charge in [-0.05, 0) is 30.5 Å². The highest BCUT2D eigenvalue weighted by Gasteiger charge is 2.46. The van der Waals surface area contributed by atoms with Crippen LogP contribution in [0.3, 0.4) is 0 Å². The van der Waals surface area contributed by atoms with Crippen molar-refractivity contribution in [2.45, 2.75) is 24.6 Å². The van der Waals surface area contributed by atoms with Gasteiger partial charge in [0, 0.05) is 0 Å². The van der Waals surface area contributed by atoms with E-state index < -0.39 is 17.3 Å². The smallest absolute Gasteiger partial charge is 0.166 e. The Balaban J connectivity index is 2.29. The molecule has 1 aromatic rings. The normalized spacial score (nSPS) is 18.6. The number of halogens is 3. The molecule has 1 aliphatic carbocycles. The fourth-order valence-electron chi connectivity index (χ4n) is 1.52. The average Bonchev–Trinajstić information content (AvgIpc) is 2.97. The highest BCUT2D eigenvalue weighted by atomic mass is 19.4. The van der Waals surface area contributed by atoms with Crippen LogP contribution in [0.4, 0.5) is 13.2 Å². The van der Waals surface area contributed by atoms with Crippen LogP contribution in [-0.2, 0) is 11.7 Å². The highest BCUT2D eigenvalue weighted by Crippen LogP contribution is 2.49. The molecule has 0 spiro atoms. The number of hydrogen-bond acceptors (Lipinski definition) is 2. The van der Waals surface area contributed by atoms with Crippen LogP contribution in [0, 0.1) is 4.91 Å². The van der Waals surface area contributed by atoms with E-state index in [-0.39, 0.29) is 0 Å². The summed E-state index contributed by atoms with van der Waals surface area (Å²) < 4.78 is 36.7. The fraction of sp³-hybridized carbons (Fsp3) is 0.400. The van der Waals surface area contributed by atoms with Gasteiger partial charge in [-0.2, -0.15) is 13.2 Å². The van der Waals surface area contributed by atoms with Crippen molar-refractivity contribution in [1.29, 1.82) is 0 Å². The molecule has 0 heterocycles. The molecule has 15 heavy (non-hydrogen) atoms. The molecule has 1 saturated carbocycles. The van der Waals surface area contributed by atoms with Crippen LogP contribution >= 0.6 is 0 Å². The molecule has 2 rings (SSSR count). The molecule has 0 N–H and O–H groups in total. The molecule has 1 aliphatic rings. The van der Waals surface area contributed by atoms with Crippen LogP contribution < -0.4 is 0 Å². The Bertz CT molecular complexity index is 379. The molecule has 1 aromatic carbocycles. The second-order valence-corrected chi connectivity index (χ2v) is 3.70. The topological polar surface area (TPSA) is 29.4 Å². The van der Waals surface area contributed by atoms with Crippen LogP contribution in [0.5, 0.6) is 0 Å². The van der Waals surface area contributed by atoms with E-state index in [0.717, 1.165) is 12.1 Å². The van der Waals surface area contributed by atoms with Gasteiger partial charge in [-0.1, -0.05) is 17.3 Å². The standard InChI is InChI=1S/C10H8F3NO/c11-10(12,13)8-3-1-7(2-4-8)9(14-15)5-6-9/h1-4H,5-6H2. The van der Waals surface area contributed by atoms with E-state index in [2.05, 4.69) is 5.18 Å². The average molecular weight is 215 g/mol. The van der Waals surface area contributed by atoms with Crippen molar-refractivity contribution in [2.24, 2.45) is 5.18 Å². The summed E-state index contributed by atoms with van der Waals surface area (Å²) in [6.07, 6.45) is -3.08. The van der Waals surface area contributed by atoms with Gasteiger partial charge in [0.05, 0.1) is 5.56 Å². The maximum atomic E-state index is 12.2. The Hall–Kier alpha value is -1.39. The summed E-state index contributed by atoms with van der Waals surface area (Å²) in [6, 6.07) is 4.63. The molecule has 0 bridgehead atoms. The monoisotopic (exact) mass is 215 g/mol. The van der Waals surface area contributed by atoms with Gasteiger partial charge < -0.3 is 0 Å². The van der Waals surface area contributed by atoms with Crippen molar-refractivity contribution < 1.29 is 13.2 Å². The van der Waals surface area contributed by atoms with Gasteiger partial charge in [0.15, 0.2) is 0 Å². The van der Waals surface area contributed by atoms with Gasteiger partial charge in [-0.25, -0.2) is 0 Å². The Kier molecular flexibility index (Phi) is 2.06. The van der Waals surface area contributed by atoms with Gasteiger partial charge in [-0.15, -0.1) is 4.91 Å². The molecule has 1 fully saturated rings. The third-order valence-corrected chi connectivity index (χ3v) is 2.65. The van der Waals surface area contributed by atoms with E-state index in [4.69, 9.17) is 0 Å². The number of alkyl halides is 3. The van der Waals surface area contributed by atoms with Gasteiger partial charge in [0.1, 0.15) is 5.54 Å². The number of rotatable bonds is 2.